The summed E-state index contributed by atoms with van der Waals surface area (Å²) in [6.45, 7) is 0.705. The quantitative estimate of drug-likeness (QED) is 0.737. The molecule has 0 radical (unpaired) electrons. The van der Waals surface area contributed by atoms with Crippen molar-refractivity contribution in [2.75, 3.05) is 6.54 Å². The number of hydrogen-bond donors (Lipinski definition) is 1. The van der Waals surface area contributed by atoms with Crippen LogP contribution in [0.2, 0.25) is 5.02 Å². The van der Waals surface area contributed by atoms with E-state index < -0.39 is 0 Å². The number of fused-ring (bicyclic) bond motifs is 1. The number of aromatic nitrogens is 2. The molecule has 1 amide bonds. The summed E-state index contributed by atoms with van der Waals surface area (Å²) >= 11 is 5.87. The number of halogens is 2. The molecule has 0 fully saturated rings. The molecule has 0 spiro atoms. The molecule has 1 aromatic heterocycles. The monoisotopic (exact) mass is 397 g/mol. The van der Waals surface area contributed by atoms with Crippen molar-refractivity contribution < 1.29 is 9.18 Å². The maximum atomic E-state index is 13.0. The van der Waals surface area contributed by atoms with Crippen LogP contribution in [-0.2, 0) is 19.4 Å². The first kappa shape index (κ1) is 18.4. The van der Waals surface area contributed by atoms with Gasteiger partial charge >= 0.3 is 0 Å². The van der Waals surface area contributed by atoms with Crippen LogP contribution in [0.1, 0.15) is 33.0 Å². The second kappa shape index (κ2) is 7.56. The minimum Gasteiger partial charge on any atom is -0.334 e. The average molecular weight is 398 g/mol. The first-order chi connectivity index (χ1) is 13.5. The number of nitrogens with one attached hydrogen (secondary N) is 1. The molecule has 1 N–H and O–H groups in total. The Balaban J connectivity index is 1.54. The Bertz CT molecular complexity index is 1080. The summed E-state index contributed by atoms with van der Waals surface area (Å²) in [5.41, 5.74) is 2.37. The number of rotatable bonds is 3. The SMILES string of the molecule is O=C(c1ccc(Cl)cc1)N1CCc2nc(Cc3ccc(F)cc3)[nH]c(=O)c2C1. The Hall–Kier alpha value is -2.99. The molecule has 28 heavy (non-hydrogen) atoms. The highest BCUT2D eigenvalue weighted by molar-refractivity contribution is 6.30. The van der Waals surface area contributed by atoms with Crippen molar-refractivity contribution in [1.29, 1.82) is 0 Å². The van der Waals surface area contributed by atoms with Gasteiger partial charge in [-0.2, -0.15) is 0 Å². The molecule has 1 aliphatic heterocycles. The lowest BCUT2D eigenvalue weighted by Crippen LogP contribution is -2.39. The second-order valence-electron chi connectivity index (χ2n) is 6.72. The van der Waals surface area contributed by atoms with E-state index in [1.165, 1.54) is 12.1 Å². The average Bonchev–Trinajstić information content (AvgIpc) is 2.70. The summed E-state index contributed by atoms with van der Waals surface area (Å²) in [7, 11) is 0. The maximum Gasteiger partial charge on any atom is 0.256 e. The van der Waals surface area contributed by atoms with Gasteiger partial charge in [-0.3, -0.25) is 9.59 Å². The molecule has 3 aromatic rings. The molecule has 0 saturated carbocycles. The molecule has 2 heterocycles. The lowest BCUT2D eigenvalue weighted by atomic mass is 10.0. The largest absolute Gasteiger partial charge is 0.334 e. The van der Waals surface area contributed by atoms with Crippen LogP contribution in [0.25, 0.3) is 0 Å². The lowest BCUT2D eigenvalue weighted by molar-refractivity contribution is 0.0732. The fourth-order valence-corrected chi connectivity index (χ4v) is 3.43. The number of hydrogen-bond acceptors (Lipinski definition) is 3. The number of carbonyl (C=O) groups excluding carboxylic acids is 1. The molecule has 5 nitrogen and oxygen atoms in total. The van der Waals surface area contributed by atoms with Gasteiger partial charge in [0.25, 0.3) is 11.5 Å². The molecule has 142 valence electrons. The fourth-order valence-electron chi connectivity index (χ4n) is 3.30. The van der Waals surface area contributed by atoms with Crippen molar-refractivity contribution >= 4 is 17.5 Å². The number of benzene rings is 2. The summed E-state index contributed by atoms with van der Waals surface area (Å²) in [5, 5.41) is 0.565. The third-order valence-electron chi connectivity index (χ3n) is 4.78. The lowest BCUT2D eigenvalue weighted by Gasteiger charge is -2.28. The smallest absolute Gasteiger partial charge is 0.256 e. The highest BCUT2D eigenvalue weighted by Crippen LogP contribution is 2.18. The van der Waals surface area contributed by atoms with Crippen LogP contribution in [0.15, 0.2) is 53.3 Å². The zero-order valence-electron chi connectivity index (χ0n) is 14.9. The first-order valence-electron chi connectivity index (χ1n) is 8.90. The van der Waals surface area contributed by atoms with Crippen molar-refractivity contribution in [2.24, 2.45) is 0 Å². The Morgan fingerprint density at radius 3 is 2.57 bits per heavy atom. The van der Waals surface area contributed by atoms with E-state index in [1.807, 2.05) is 0 Å². The summed E-state index contributed by atoms with van der Waals surface area (Å²) in [5.74, 6) is 0.0889. The van der Waals surface area contributed by atoms with Gasteiger partial charge in [-0.05, 0) is 42.0 Å². The Labute approximate surface area is 165 Å². The molecule has 1 aliphatic rings. The van der Waals surface area contributed by atoms with Crippen LogP contribution in [0.4, 0.5) is 4.39 Å². The van der Waals surface area contributed by atoms with E-state index >= 15 is 0 Å². The summed E-state index contributed by atoms with van der Waals surface area (Å²) < 4.78 is 13.0. The fraction of sp³-hybridized carbons (Fsp3) is 0.190. The van der Waals surface area contributed by atoms with Gasteiger partial charge in [0.1, 0.15) is 11.6 Å². The van der Waals surface area contributed by atoms with Crippen molar-refractivity contribution in [2.45, 2.75) is 19.4 Å². The van der Waals surface area contributed by atoms with Gasteiger partial charge in [0, 0.05) is 30.0 Å². The van der Waals surface area contributed by atoms with E-state index in [0.29, 0.717) is 47.1 Å². The molecule has 0 aliphatic carbocycles. The number of amides is 1. The molecule has 0 atom stereocenters. The van der Waals surface area contributed by atoms with E-state index in [2.05, 4.69) is 9.97 Å². The highest BCUT2D eigenvalue weighted by atomic mass is 35.5. The molecule has 0 saturated heterocycles. The minimum atomic E-state index is -0.305. The van der Waals surface area contributed by atoms with Gasteiger partial charge in [0.2, 0.25) is 0 Å². The topological polar surface area (TPSA) is 66.1 Å². The molecule has 0 bridgehead atoms. The van der Waals surface area contributed by atoms with E-state index in [1.54, 1.807) is 41.3 Å². The second-order valence-corrected chi connectivity index (χ2v) is 7.16. The van der Waals surface area contributed by atoms with Crippen molar-refractivity contribution in [3.05, 3.63) is 97.9 Å². The van der Waals surface area contributed by atoms with Gasteiger partial charge in [-0.1, -0.05) is 23.7 Å². The highest BCUT2D eigenvalue weighted by Gasteiger charge is 2.25. The van der Waals surface area contributed by atoms with E-state index in [-0.39, 0.29) is 23.8 Å². The van der Waals surface area contributed by atoms with Crippen molar-refractivity contribution in [3.8, 4) is 0 Å². The molecular formula is C21H17ClFN3O2. The predicted octanol–water partition coefficient (Wildman–Crippen LogP) is 3.35. The van der Waals surface area contributed by atoms with E-state index in [4.69, 9.17) is 11.6 Å². The molecule has 2 aromatic carbocycles. The molecular weight excluding hydrogens is 381 g/mol. The van der Waals surface area contributed by atoms with Crippen LogP contribution in [0.3, 0.4) is 0 Å². The van der Waals surface area contributed by atoms with Crippen LogP contribution < -0.4 is 5.56 Å². The zero-order valence-corrected chi connectivity index (χ0v) is 15.7. The summed E-state index contributed by atoms with van der Waals surface area (Å²) in [6, 6.07) is 12.8. The Morgan fingerprint density at radius 1 is 1.14 bits per heavy atom. The maximum absolute atomic E-state index is 13.0. The molecule has 0 unspecified atom stereocenters. The number of nitrogens with zero attached hydrogens (tertiary/aromatic N) is 2. The normalized spacial score (nSPS) is 13.3. The Morgan fingerprint density at radius 2 is 1.86 bits per heavy atom. The van der Waals surface area contributed by atoms with Gasteiger partial charge in [-0.15, -0.1) is 0 Å². The van der Waals surface area contributed by atoms with E-state index in [9.17, 15) is 14.0 Å². The summed E-state index contributed by atoms with van der Waals surface area (Å²) in [6.07, 6.45) is 0.922. The summed E-state index contributed by atoms with van der Waals surface area (Å²) in [4.78, 5) is 34.3. The van der Waals surface area contributed by atoms with Crippen LogP contribution in [-0.4, -0.2) is 27.3 Å². The van der Waals surface area contributed by atoms with Gasteiger partial charge in [0.05, 0.1) is 17.8 Å². The zero-order chi connectivity index (χ0) is 19.7. The number of carbonyl (C=O) groups is 1. The Kier molecular flexibility index (Phi) is 4.96. The third kappa shape index (κ3) is 3.82. The molecule has 7 heteroatoms. The molecule has 4 rings (SSSR count). The van der Waals surface area contributed by atoms with E-state index in [0.717, 1.165) is 5.56 Å². The number of H-pyrrole nitrogens is 1. The van der Waals surface area contributed by atoms with Gasteiger partial charge in [0.15, 0.2) is 0 Å². The third-order valence-corrected chi connectivity index (χ3v) is 5.03. The standard InChI is InChI=1S/C21H17ClFN3O2/c22-15-5-3-14(4-6-15)21(28)26-10-9-18-17(12-26)20(27)25-19(24-18)11-13-1-7-16(23)8-2-13/h1-8H,9-12H2,(H,24,25,27). The first-order valence-corrected chi connectivity index (χ1v) is 9.27. The van der Waals surface area contributed by atoms with Gasteiger partial charge < -0.3 is 9.88 Å². The van der Waals surface area contributed by atoms with Crippen molar-refractivity contribution in [1.82, 2.24) is 14.9 Å². The van der Waals surface area contributed by atoms with Crippen LogP contribution in [0, 0.1) is 5.82 Å². The minimum absolute atomic E-state index is 0.142. The predicted molar refractivity (Wildman–Crippen MR) is 104 cm³/mol. The van der Waals surface area contributed by atoms with Crippen LogP contribution >= 0.6 is 11.6 Å². The number of aromatic amines is 1. The van der Waals surface area contributed by atoms with Gasteiger partial charge in [-0.25, -0.2) is 9.37 Å². The van der Waals surface area contributed by atoms with Crippen molar-refractivity contribution in [3.63, 3.8) is 0 Å². The van der Waals surface area contributed by atoms with Crippen LogP contribution in [0.5, 0.6) is 0 Å².